The summed E-state index contributed by atoms with van der Waals surface area (Å²) >= 11 is 6.68. The van der Waals surface area contributed by atoms with Crippen LogP contribution in [0.4, 0.5) is 5.13 Å². The number of anilines is 1. The van der Waals surface area contributed by atoms with E-state index in [0.29, 0.717) is 11.7 Å². The summed E-state index contributed by atoms with van der Waals surface area (Å²) in [7, 11) is 0. The summed E-state index contributed by atoms with van der Waals surface area (Å²) in [4.78, 5) is 16.0. The lowest BCUT2D eigenvalue weighted by Gasteiger charge is -2.26. The van der Waals surface area contributed by atoms with E-state index in [1.165, 1.54) is 18.3 Å². The van der Waals surface area contributed by atoms with Crippen LogP contribution in [-0.2, 0) is 4.79 Å². The Kier molecular flexibility index (Phi) is 5.50. The normalized spacial score (nSPS) is 15.7. The summed E-state index contributed by atoms with van der Waals surface area (Å²) in [6.45, 7) is 4.88. The van der Waals surface area contributed by atoms with E-state index in [-0.39, 0.29) is 11.9 Å². The standard InChI is InChI=1S/C17H20N4O2S2/c1-3-18-16(24)21-17-20-14(9-25-17)11-4-5-15-12(8-11)13(6-7-23-15)19-10(2)22/h4-5,8-9,13H,3,6-7H2,1-2H3,(H,19,22)(H2,18,20,21,24). The molecule has 1 aromatic carbocycles. The molecule has 0 spiro atoms. The molecule has 0 bridgehead atoms. The van der Waals surface area contributed by atoms with Gasteiger partial charge in [-0.1, -0.05) is 0 Å². The quantitative estimate of drug-likeness (QED) is 0.712. The molecule has 3 N–H and O–H groups in total. The molecule has 8 heteroatoms. The number of thiocarbonyl (C=S) groups is 1. The summed E-state index contributed by atoms with van der Waals surface area (Å²) in [6.07, 6.45) is 0.761. The highest BCUT2D eigenvalue weighted by Crippen LogP contribution is 2.36. The number of benzene rings is 1. The largest absolute Gasteiger partial charge is 0.493 e. The molecule has 132 valence electrons. The molecule has 0 saturated carbocycles. The van der Waals surface area contributed by atoms with E-state index < -0.39 is 0 Å². The Morgan fingerprint density at radius 1 is 1.48 bits per heavy atom. The van der Waals surface area contributed by atoms with Gasteiger partial charge in [-0.15, -0.1) is 11.3 Å². The molecule has 1 amide bonds. The second kappa shape index (κ2) is 7.79. The summed E-state index contributed by atoms with van der Waals surface area (Å²) in [5.41, 5.74) is 2.84. The molecular weight excluding hydrogens is 356 g/mol. The Morgan fingerprint density at radius 3 is 3.08 bits per heavy atom. The number of carbonyl (C=O) groups excluding carboxylic acids is 1. The third-order valence-electron chi connectivity index (χ3n) is 3.78. The Morgan fingerprint density at radius 2 is 2.32 bits per heavy atom. The summed E-state index contributed by atoms with van der Waals surface area (Å²) in [5, 5.41) is 12.4. The lowest BCUT2D eigenvalue weighted by Crippen LogP contribution is -2.30. The van der Waals surface area contributed by atoms with Gasteiger partial charge in [0.2, 0.25) is 5.91 Å². The minimum atomic E-state index is -0.0414. The number of ether oxygens (including phenoxy) is 1. The average molecular weight is 377 g/mol. The number of rotatable bonds is 4. The zero-order valence-electron chi connectivity index (χ0n) is 14.1. The molecule has 1 aliphatic heterocycles. The first-order valence-electron chi connectivity index (χ1n) is 8.11. The van der Waals surface area contributed by atoms with Gasteiger partial charge >= 0.3 is 0 Å². The van der Waals surface area contributed by atoms with Gasteiger partial charge in [0, 0.05) is 36.4 Å². The van der Waals surface area contributed by atoms with Crippen molar-refractivity contribution in [3.8, 4) is 17.0 Å². The molecule has 2 aromatic rings. The molecule has 1 unspecified atom stereocenters. The summed E-state index contributed by atoms with van der Waals surface area (Å²) < 4.78 is 5.70. The molecule has 2 heterocycles. The topological polar surface area (TPSA) is 75.3 Å². The van der Waals surface area contributed by atoms with Crippen LogP contribution in [0.25, 0.3) is 11.3 Å². The van der Waals surface area contributed by atoms with Crippen molar-refractivity contribution < 1.29 is 9.53 Å². The Bertz CT molecular complexity index is 791. The number of nitrogens with zero attached hydrogens (tertiary/aromatic N) is 1. The van der Waals surface area contributed by atoms with Crippen LogP contribution in [0.5, 0.6) is 5.75 Å². The van der Waals surface area contributed by atoms with Crippen LogP contribution in [0, 0.1) is 0 Å². The lowest BCUT2D eigenvalue weighted by atomic mass is 9.97. The van der Waals surface area contributed by atoms with E-state index >= 15 is 0 Å². The maximum Gasteiger partial charge on any atom is 0.217 e. The van der Waals surface area contributed by atoms with E-state index in [4.69, 9.17) is 17.0 Å². The van der Waals surface area contributed by atoms with Crippen molar-refractivity contribution >= 4 is 39.7 Å². The Hall–Kier alpha value is -2.19. The van der Waals surface area contributed by atoms with Crippen molar-refractivity contribution in [2.45, 2.75) is 26.3 Å². The van der Waals surface area contributed by atoms with Gasteiger partial charge in [-0.05, 0) is 37.3 Å². The van der Waals surface area contributed by atoms with Crippen LogP contribution in [0.1, 0.15) is 31.9 Å². The van der Waals surface area contributed by atoms with Gasteiger partial charge in [-0.3, -0.25) is 4.79 Å². The zero-order valence-corrected chi connectivity index (χ0v) is 15.7. The van der Waals surface area contributed by atoms with Crippen LogP contribution in [-0.4, -0.2) is 29.2 Å². The van der Waals surface area contributed by atoms with Gasteiger partial charge < -0.3 is 20.7 Å². The van der Waals surface area contributed by atoms with E-state index in [0.717, 1.165) is 40.7 Å². The SMILES string of the molecule is CCNC(=S)Nc1nc(-c2ccc3c(c2)C(NC(C)=O)CCO3)cs1. The molecule has 0 radical (unpaired) electrons. The van der Waals surface area contributed by atoms with Crippen molar-refractivity contribution in [3.63, 3.8) is 0 Å². The number of aromatic nitrogens is 1. The molecule has 1 atom stereocenters. The maximum atomic E-state index is 11.4. The van der Waals surface area contributed by atoms with Crippen molar-refractivity contribution in [2.24, 2.45) is 0 Å². The average Bonchev–Trinajstić information content (AvgIpc) is 3.03. The minimum absolute atomic E-state index is 0.0289. The highest BCUT2D eigenvalue weighted by Gasteiger charge is 2.23. The monoisotopic (exact) mass is 376 g/mol. The number of nitrogens with one attached hydrogen (secondary N) is 3. The smallest absolute Gasteiger partial charge is 0.217 e. The van der Waals surface area contributed by atoms with Crippen molar-refractivity contribution in [2.75, 3.05) is 18.5 Å². The van der Waals surface area contributed by atoms with Crippen LogP contribution in [0.3, 0.4) is 0 Å². The third kappa shape index (κ3) is 4.26. The van der Waals surface area contributed by atoms with Crippen LogP contribution in [0.15, 0.2) is 23.6 Å². The molecule has 6 nitrogen and oxygen atoms in total. The van der Waals surface area contributed by atoms with E-state index in [9.17, 15) is 4.79 Å². The molecule has 0 fully saturated rings. The van der Waals surface area contributed by atoms with Crippen molar-refractivity contribution in [3.05, 3.63) is 29.1 Å². The van der Waals surface area contributed by atoms with E-state index in [1.807, 2.05) is 30.5 Å². The highest BCUT2D eigenvalue weighted by atomic mass is 32.1. The van der Waals surface area contributed by atoms with Gasteiger partial charge in [0.1, 0.15) is 5.75 Å². The zero-order chi connectivity index (χ0) is 17.8. The van der Waals surface area contributed by atoms with Gasteiger partial charge in [-0.25, -0.2) is 4.98 Å². The minimum Gasteiger partial charge on any atom is -0.493 e. The van der Waals surface area contributed by atoms with Crippen molar-refractivity contribution in [1.29, 1.82) is 0 Å². The van der Waals surface area contributed by atoms with Crippen LogP contribution in [0.2, 0.25) is 0 Å². The lowest BCUT2D eigenvalue weighted by molar-refractivity contribution is -0.119. The second-order valence-corrected chi connectivity index (χ2v) is 6.93. The Labute approximate surface area is 156 Å². The molecule has 1 aliphatic rings. The molecule has 25 heavy (non-hydrogen) atoms. The fourth-order valence-corrected chi connectivity index (χ4v) is 3.74. The van der Waals surface area contributed by atoms with Gasteiger partial charge in [0.25, 0.3) is 0 Å². The molecule has 0 aliphatic carbocycles. The predicted molar refractivity (Wildman–Crippen MR) is 104 cm³/mol. The number of carbonyl (C=O) groups is 1. The first kappa shape index (κ1) is 17.6. The summed E-state index contributed by atoms with van der Waals surface area (Å²) in [5.74, 6) is 0.774. The van der Waals surface area contributed by atoms with E-state index in [1.54, 1.807) is 0 Å². The number of amides is 1. The van der Waals surface area contributed by atoms with Gasteiger partial charge in [-0.2, -0.15) is 0 Å². The Balaban J connectivity index is 1.83. The second-order valence-electron chi connectivity index (χ2n) is 5.67. The number of thiazole rings is 1. The van der Waals surface area contributed by atoms with Crippen LogP contribution < -0.4 is 20.7 Å². The fourth-order valence-electron chi connectivity index (χ4n) is 2.71. The van der Waals surface area contributed by atoms with Gasteiger partial charge in [0.05, 0.1) is 18.3 Å². The van der Waals surface area contributed by atoms with Gasteiger partial charge in [0.15, 0.2) is 10.2 Å². The number of hydrogen-bond acceptors (Lipinski definition) is 5. The first-order chi connectivity index (χ1) is 12.1. The fraction of sp³-hybridized carbons (Fsp3) is 0.353. The predicted octanol–water partition coefficient (Wildman–Crippen LogP) is 3.08. The molecular formula is C17H20N4O2S2. The van der Waals surface area contributed by atoms with Crippen molar-refractivity contribution in [1.82, 2.24) is 15.6 Å². The molecule has 1 aromatic heterocycles. The molecule has 3 rings (SSSR count). The maximum absolute atomic E-state index is 11.4. The third-order valence-corrected chi connectivity index (χ3v) is 4.79. The number of fused-ring (bicyclic) bond motifs is 1. The first-order valence-corrected chi connectivity index (χ1v) is 9.40. The van der Waals surface area contributed by atoms with Crippen LogP contribution >= 0.6 is 23.6 Å². The van der Waals surface area contributed by atoms with E-state index in [2.05, 4.69) is 20.9 Å². The molecule has 0 saturated heterocycles. The number of hydrogen-bond donors (Lipinski definition) is 3. The highest BCUT2D eigenvalue weighted by molar-refractivity contribution is 7.80. The summed E-state index contributed by atoms with van der Waals surface area (Å²) in [6, 6.07) is 5.93.